The van der Waals surface area contributed by atoms with Gasteiger partial charge in [-0.15, -0.1) is 11.8 Å². The maximum Gasteiger partial charge on any atom is 0.328 e. The van der Waals surface area contributed by atoms with Gasteiger partial charge in [0, 0.05) is 21.2 Å². The highest BCUT2D eigenvalue weighted by Crippen LogP contribution is 2.24. The molecule has 2 aromatic rings. The Morgan fingerprint density at radius 1 is 1.12 bits per heavy atom. The molecule has 0 heterocycles. The molecule has 0 radical (unpaired) electrons. The number of carbonyl (C=O) groups is 2. The molecule has 0 fully saturated rings. The molecule has 0 aliphatic carbocycles. The Morgan fingerprint density at radius 3 is 2.33 bits per heavy atom. The molecule has 1 unspecified atom stereocenters. The van der Waals surface area contributed by atoms with Gasteiger partial charge in [0.2, 0.25) is 0 Å². The first-order valence-corrected chi connectivity index (χ1v) is 8.72. The predicted molar refractivity (Wildman–Crippen MR) is 96.4 cm³/mol. The zero-order valence-corrected chi connectivity index (χ0v) is 15.0. The van der Waals surface area contributed by atoms with Crippen molar-refractivity contribution in [3.63, 3.8) is 0 Å². The van der Waals surface area contributed by atoms with E-state index >= 15 is 0 Å². The molecule has 0 aliphatic rings. The fraction of sp³-hybridized carbons (Fsp3) is 0.222. The van der Waals surface area contributed by atoms with E-state index in [0.717, 1.165) is 21.2 Å². The molecule has 6 heteroatoms. The Morgan fingerprint density at radius 2 is 1.75 bits per heavy atom. The summed E-state index contributed by atoms with van der Waals surface area (Å²) in [6, 6.07) is 14.3. The summed E-state index contributed by atoms with van der Waals surface area (Å²) in [5.74, 6) is 0.0198. The SMILES string of the molecule is COC(=O)C(C)NC(=O)c1ccc(CSc2ccc(Cl)cc2)cc1. The summed E-state index contributed by atoms with van der Waals surface area (Å²) in [4.78, 5) is 24.5. The standard InChI is InChI=1S/C18H18ClNO3S/c1-12(18(22)23-2)20-17(21)14-5-3-13(4-6-14)11-24-16-9-7-15(19)8-10-16/h3-10,12H,11H2,1-2H3,(H,20,21). The number of amides is 1. The number of hydrogen-bond acceptors (Lipinski definition) is 4. The van der Waals surface area contributed by atoms with Crippen molar-refractivity contribution in [1.82, 2.24) is 5.32 Å². The highest BCUT2D eigenvalue weighted by molar-refractivity contribution is 7.98. The summed E-state index contributed by atoms with van der Waals surface area (Å²) >= 11 is 7.56. The molecule has 2 aromatic carbocycles. The Kier molecular flexibility index (Phi) is 6.70. The topological polar surface area (TPSA) is 55.4 Å². The maximum absolute atomic E-state index is 12.1. The molecule has 0 aromatic heterocycles. The number of nitrogens with one attached hydrogen (secondary N) is 1. The number of benzene rings is 2. The summed E-state index contributed by atoms with van der Waals surface area (Å²) in [6.07, 6.45) is 0. The molecule has 0 saturated heterocycles. The van der Waals surface area contributed by atoms with Crippen LogP contribution in [0.1, 0.15) is 22.8 Å². The van der Waals surface area contributed by atoms with Gasteiger partial charge < -0.3 is 10.1 Å². The van der Waals surface area contributed by atoms with E-state index in [9.17, 15) is 9.59 Å². The van der Waals surface area contributed by atoms with Crippen LogP contribution in [0.2, 0.25) is 5.02 Å². The Hall–Kier alpha value is -1.98. The third-order valence-corrected chi connectivity index (χ3v) is 4.67. The fourth-order valence-corrected chi connectivity index (χ4v) is 2.95. The van der Waals surface area contributed by atoms with Crippen LogP contribution < -0.4 is 5.32 Å². The average Bonchev–Trinajstić information content (AvgIpc) is 2.60. The van der Waals surface area contributed by atoms with Crippen molar-refractivity contribution in [3.8, 4) is 0 Å². The maximum atomic E-state index is 12.1. The Balaban J connectivity index is 1.91. The normalized spacial score (nSPS) is 11.6. The second-order valence-corrected chi connectivity index (χ2v) is 6.64. The molecule has 0 aliphatic heterocycles. The van der Waals surface area contributed by atoms with Crippen LogP contribution in [0.5, 0.6) is 0 Å². The van der Waals surface area contributed by atoms with Crippen molar-refractivity contribution in [2.45, 2.75) is 23.6 Å². The minimum Gasteiger partial charge on any atom is -0.467 e. The van der Waals surface area contributed by atoms with Crippen LogP contribution in [0.3, 0.4) is 0 Å². The quantitative estimate of drug-likeness (QED) is 0.624. The lowest BCUT2D eigenvalue weighted by molar-refractivity contribution is -0.142. The van der Waals surface area contributed by atoms with Crippen LogP contribution in [-0.4, -0.2) is 25.0 Å². The number of ether oxygens (including phenoxy) is 1. The minimum absolute atomic E-state index is 0.301. The van der Waals surface area contributed by atoms with Gasteiger partial charge in [0.15, 0.2) is 0 Å². The van der Waals surface area contributed by atoms with Gasteiger partial charge in [-0.05, 0) is 48.9 Å². The van der Waals surface area contributed by atoms with Crippen molar-refractivity contribution in [3.05, 3.63) is 64.7 Å². The number of carbonyl (C=O) groups excluding carboxylic acids is 2. The lowest BCUT2D eigenvalue weighted by atomic mass is 10.1. The van der Waals surface area contributed by atoms with E-state index in [1.54, 1.807) is 30.8 Å². The summed E-state index contributed by atoms with van der Waals surface area (Å²) in [6.45, 7) is 1.58. The number of thioether (sulfide) groups is 1. The molecule has 1 N–H and O–H groups in total. The molecule has 2 rings (SSSR count). The van der Waals surface area contributed by atoms with E-state index in [0.29, 0.717) is 5.56 Å². The van der Waals surface area contributed by atoms with Crippen molar-refractivity contribution < 1.29 is 14.3 Å². The highest BCUT2D eigenvalue weighted by Gasteiger charge is 2.16. The van der Waals surface area contributed by atoms with Gasteiger partial charge >= 0.3 is 5.97 Å². The second-order valence-electron chi connectivity index (χ2n) is 5.16. The van der Waals surface area contributed by atoms with E-state index in [1.165, 1.54) is 7.11 Å². The monoisotopic (exact) mass is 363 g/mol. The largest absolute Gasteiger partial charge is 0.467 e. The number of methoxy groups -OCH3 is 1. The lowest BCUT2D eigenvalue weighted by Crippen LogP contribution is -2.39. The number of esters is 1. The number of rotatable bonds is 6. The second kappa shape index (κ2) is 8.76. The summed E-state index contributed by atoms with van der Waals surface area (Å²) in [7, 11) is 1.29. The first-order valence-electron chi connectivity index (χ1n) is 7.35. The van der Waals surface area contributed by atoms with Crippen molar-refractivity contribution in [2.75, 3.05) is 7.11 Å². The Bertz CT molecular complexity index is 701. The number of halogens is 1. The summed E-state index contributed by atoms with van der Waals surface area (Å²) in [5, 5.41) is 3.32. The van der Waals surface area contributed by atoms with Crippen LogP contribution in [0.4, 0.5) is 0 Å². The molecule has 4 nitrogen and oxygen atoms in total. The zero-order chi connectivity index (χ0) is 17.5. The summed E-state index contributed by atoms with van der Waals surface area (Å²) in [5.41, 5.74) is 1.61. The molecular formula is C18H18ClNO3S. The third-order valence-electron chi connectivity index (χ3n) is 3.34. The zero-order valence-electron chi connectivity index (χ0n) is 13.4. The van der Waals surface area contributed by atoms with Crippen molar-refractivity contribution in [2.24, 2.45) is 0 Å². The van der Waals surface area contributed by atoms with E-state index in [-0.39, 0.29) is 5.91 Å². The Labute approximate surface area is 150 Å². The van der Waals surface area contributed by atoms with Crippen LogP contribution in [-0.2, 0) is 15.3 Å². The van der Waals surface area contributed by atoms with Gasteiger partial charge in [0.25, 0.3) is 5.91 Å². The predicted octanol–water partition coefficient (Wildman–Crippen LogP) is 3.92. The molecular weight excluding hydrogens is 346 g/mol. The third kappa shape index (κ3) is 5.28. The smallest absolute Gasteiger partial charge is 0.328 e. The first-order chi connectivity index (χ1) is 11.5. The van der Waals surface area contributed by atoms with Gasteiger partial charge in [-0.3, -0.25) is 4.79 Å². The molecule has 0 saturated carbocycles. The van der Waals surface area contributed by atoms with Gasteiger partial charge in [0.1, 0.15) is 6.04 Å². The summed E-state index contributed by atoms with van der Waals surface area (Å²) < 4.78 is 4.58. The first kappa shape index (κ1) is 18.4. The van der Waals surface area contributed by atoms with Gasteiger partial charge in [-0.2, -0.15) is 0 Å². The molecule has 1 atom stereocenters. The number of hydrogen-bond donors (Lipinski definition) is 1. The highest BCUT2D eigenvalue weighted by atomic mass is 35.5. The van der Waals surface area contributed by atoms with Crippen LogP contribution in [0.25, 0.3) is 0 Å². The van der Waals surface area contributed by atoms with Gasteiger partial charge in [0.05, 0.1) is 7.11 Å². The van der Waals surface area contributed by atoms with E-state index in [2.05, 4.69) is 10.1 Å². The van der Waals surface area contributed by atoms with Crippen molar-refractivity contribution >= 4 is 35.2 Å². The van der Waals surface area contributed by atoms with Gasteiger partial charge in [-0.1, -0.05) is 23.7 Å². The van der Waals surface area contributed by atoms with Gasteiger partial charge in [-0.25, -0.2) is 4.79 Å². The van der Waals surface area contributed by atoms with E-state index in [4.69, 9.17) is 11.6 Å². The average molecular weight is 364 g/mol. The van der Waals surface area contributed by atoms with Crippen LogP contribution >= 0.6 is 23.4 Å². The molecule has 1 amide bonds. The molecule has 24 heavy (non-hydrogen) atoms. The molecule has 0 bridgehead atoms. The lowest BCUT2D eigenvalue weighted by Gasteiger charge is -2.11. The molecule has 126 valence electrons. The van der Waals surface area contributed by atoms with Crippen molar-refractivity contribution in [1.29, 1.82) is 0 Å². The minimum atomic E-state index is -0.678. The van der Waals surface area contributed by atoms with Crippen LogP contribution in [0, 0.1) is 0 Å². The van der Waals surface area contributed by atoms with E-state index in [1.807, 2.05) is 36.4 Å². The molecule has 0 spiro atoms. The van der Waals surface area contributed by atoms with E-state index < -0.39 is 12.0 Å². The fourth-order valence-electron chi connectivity index (χ4n) is 1.97. The van der Waals surface area contributed by atoms with Crippen LogP contribution in [0.15, 0.2) is 53.4 Å².